The summed E-state index contributed by atoms with van der Waals surface area (Å²) in [6.45, 7) is 2.39. The number of ether oxygens (including phenoxy) is 1. The molecule has 0 aliphatic heterocycles. The Morgan fingerprint density at radius 2 is 2.08 bits per heavy atom. The van der Waals surface area contributed by atoms with E-state index in [1.54, 1.807) is 7.11 Å². The lowest BCUT2D eigenvalue weighted by molar-refractivity contribution is -0.118. The average molecular weight is 206 g/mol. The summed E-state index contributed by atoms with van der Waals surface area (Å²) in [6.07, 6.45) is 1.89. The van der Waals surface area contributed by atoms with Crippen LogP contribution in [0.4, 0.5) is 0 Å². The molecule has 13 heavy (non-hydrogen) atoms. The number of carbonyl (C=O) groups excluding carboxylic acids is 1. The van der Waals surface area contributed by atoms with E-state index in [1.165, 1.54) is 0 Å². The minimum absolute atomic E-state index is 0.253. The number of hydrogen-bond donors (Lipinski definition) is 0. The monoisotopic (exact) mass is 206 g/mol. The molecule has 0 aliphatic rings. The van der Waals surface area contributed by atoms with Gasteiger partial charge in [0.25, 0.3) is 0 Å². The summed E-state index contributed by atoms with van der Waals surface area (Å²) in [5.41, 5.74) is 0. The van der Waals surface area contributed by atoms with Gasteiger partial charge in [-0.2, -0.15) is 0 Å². The van der Waals surface area contributed by atoms with Crippen LogP contribution in [0.1, 0.15) is 26.2 Å². The fourth-order valence-corrected chi connectivity index (χ4v) is 1.91. The maximum Gasteiger partial charge on any atom is 0.132 e. The van der Waals surface area contributed by atoms with E-state index in [1.807, 2.05) is 6.92 Å². The molecule has 0 bridgehead atoms. The molecule has 0 heterocycles. The fourth-order valence-electron chi connectivity index (χ4n) is 0.885. The van der Waals surface area contributed by atoms with E-state index in [0.717, 1.165) is 6.42 Å². The highest BCUT2D eigenvalue weighted by molar-refractivity contribution is 7.84. The zero-order valence-electron chi connectivity index (χ0n) is 8.38. The predicted octanol–water partition coefficient (Wildman–Crippen LogP) is 1.14. The molecule has 0 spiro atoms. The summed E-state index contributed by atoms with van der Waals surface area (Å²) in [5.74, 6) is 1.45. The van der Waals surface area contributed by atoms with Gasteiger partial charge in [0.15, 0.2) is 0 Å². The van der Waals surface area contributed by atoms with Crippen molar-refractivity contribution in [3.05, 3.63) is 0 Å². The van der Waals surface area contributed by atoms with Crippen LogP contribution in [0, 0.1) is 0 Å². The van der Waals surface area contributed by atoms with Crippen molar-refractivity contribution in [1.29, 1.82) is 0 Å². The molecule has 0 N–H and O–H groups in total. The van der Waals surface area contributed by atoms with Gasteiger partial charge >= 0.3 is 0 Å². The Morgan fingerprint density at radius 3 is 2.62 bits per heavy atom. The van der Waals surface area contributed by atoms with Gasteiger partial charge in [-0.1, -0.05) is 6.92 Å². The molecule has 0 aromatic carbocycles. The van der Waals surface area contributed by atoms with E-state index < -0.39 is 10.8 Å². The molecular formula is C9H18O3S. The Morgan fingerprint density at radius 1 is 1.38 bits per heavy atom. The number of methoxy groups -OCH3 is 1. The van der Waals surface area contributed by atoms with Crippen molar-refractivity contribution in [3.8, 4) is 0 Å². The number of rotatable bonds is 8. The number of carbonyl (C=O) groups is 1. The number of ketones is 1. The van der Waals surface area contributed by atoms with Crippen LogP contribution in [0.15, 0.2) is 0 Å². The third kappa shape index (κ3) is 8.12. The maximum absolute atomic E-state index is 11.2. The predicted molar refractivity (Wildman–Crippen MR) is 54.3 cm³/mol. The second-order valence-corrected chi connectivity index (χ2v) is 4.53. The molecule has 1 unspecified atom stereocenters. The average Bonchev–Trinajstić information content (AvgIpc) is 2.14. The molecule has 0 aliphatic carbocycles. The molecule has 0 aromatic rings. The van der Waals surface area contributed by atoms with Crippen LogP contribution in [0.25, 0.3) is 0 Å². The fraction of sp³-hybridized carbons (Fsp3) is 0.889. The van der Waals surface area contributed by atoms with Crippen molar-refractivity contribution in [2.75, 3.05) is 25.2 Å². The van der Waals surface area contributed by atoms with Crippen LogP contribution in [-0.2, 0) is 20.3 Å². The summed E-state index contributed by atoms with van der Waals surface area (Å²) in [6, 6.07) is 0. The lowest BCUT2D eigenvalue weighted by Gasteiger charge is -2.00. The van der Waals surface area contributed by atoms with Gasteiger partial charge in [-0.3, -0.25) is 9.00 Å². The minimum atomic E-state index is -0.816. The Hall–Kier alpha value is -0.220. The van der Waals surface area contributed by atoms with Gasteiger partial charge in [0.05, 0.1) is 6.61 Å². The van der Waals surface area contributed by atoms with E-state index in [4.69, 9.17) is 4.74 Å². The second kappa shape index (κ2) is 8.38. The van der Waals surface area contributed by atoms with E-state index in [-0.39, 0.29) is 5.78 Å². The van der Waals surface area contributed by atoms with Crippen LogP contribution < -0.4 is 0 Å². The first-order valence-corrected chi connectivity index (χ1v) is 6.05. The quantitative estimate of drug-likeness (QED) is 0.598. The Balaban J connectivity index is 3.31. The van der Waals surface area contributed by atoms with Crippen molar-refractivity contribution < 1.29 is 13.7 Å². The third-order valence-corrected chi connectivity index (χ3v) is 3.10. The summed E-state index contributed by atoms with van der Waals surface area (Å²) >= 11 is 0. The highest BCUT2D eigenvalue weighted by Crippen LogP contribution is 1.97. The summed E-state index contributed by atoms with van der Waals surface area (Å²) in [5, 5.41) is 0. The first-order valence-electron chi connectivity index (χ1n) is 4.56. The van der Waals surface area contributed by atoms with E-state index in [9.17, 15) is 9.00 Å². The van der Waals surface area contributed by atoms with Crippen LogP contribution >= 0.6 is 0 Å². The summed E-state index contributed by atoms with van der Waals surface area (Å²) < 4.78 is 16.0. The highest BCUT2D eigenvalue weighted by Gasteiger charge is 2.02. The van der Waals surface area contributed by atoms with Crippen molar-refractivity contribution in [2.24, 2.45) is 0 Å². The molecule has 78 valence electrons. The zero-order valence-corrected chi connectivity index (χ0v) is 9.19. The number of hydrogen-bond acceptors (Lipinski definition) is 3. The second-order valence-electron chi connectivity index (χ2n) is 2.84. The highest BCUT2D eigenvalue weighted by atomic mass is 32.2. The van der Waals surface area contributed by atoms with Crippen molar-refractivity contribution in [2.45, 2.75) is 26.2 Å². The summed E-state index contributed by atoms with van der Waals surface area (Å²) in [4.78, 5) is 10.9. The smallest absolute Gasteiger partial charge is 0.132 e. The van der Waals surface area contributed by atoms with Crippen molar-refractivity contribution in [1.82, 2.24) is 0 Å². The number of Topliss-reactive ketones (excluding diaryl/α,β-unsaturated/α-hetero) is 1. The maximum atomic E-state index is 11.2. The minimum Gasteiger partial charge on any atom is -0.384 e. The third-order valence-electron chi connectivity index (χ3n) is 1.74. The van der Waals surface area contributed by atoms with E-state index >= 15 is 0 Å². The molecule has 0 saturated carbocycles. The van der Waals surface area contributed by atoms with Crippen molar-refractivity contribution in [3.63, 3.8) is 0 Å². The van der Waals surface area contributed by atoms with Crippen LogP contribution in [0.5, 0.6) is 0 Å². The van der Waals surface area contributed by atoms with Gasteiger partial charge < -0.3 is 4.74 Å². The molecule has 1 atom stereocenters. The Labute approximate surface area is 82.3 Å². The lowest BCUT2D eigenvalue weighted by atomic mass is 10.2. The molecule has 0 radical (unpaired) electrons. The molecule has 0 fully saturated rings. The Bertz CT molecular complexity index is 168. The first kappa shape index (κ1) is 12.8. The first-order chi connectivity index (χ1) is 6.20. The molecule has 0 aromatic heterocycles. The zero-order chi connectivity index (χ0) is 10.1. The molecule has 0 rings (SSSR count). The van der Waals surface area contributed by atoms with Crippen molar-refractivity contribution >= 4 is 16.6 Å². The molecule has 4 heteroatoms. The standard InChI is InChI=1S/C9H18O3S/c1-3-9(10)5-4-7-13(11)8-6-12-2/h3-8H2,1-2H3. The van der Waals surface area contributed by atoms with Gasteiger partial charge in [0.1, 0.15) is 5.78 Å². The SMILES string of the molecule is CCC(=O)CCCS(=O)CCOC. The van der Waals surface area contributed by atoms with Gasteiger partial charge in [0.2, 0.25) is 0 Å². The van der Waals surface area contributed by atoms with Crippen LogP contribution in [-0.4, -0.2) is 35.2 Å². The normalized spacial score (nSPS) is 12.8. The van der Waals surface area contributed by atoms with Gasteiger partial charge in [-0.05, 0) is 6.42 Å². The van der Waals surface area contributed by atoms with Crippen LogP contribution in [0.3, 0.4) is 0 Å². The van der Waals surface area contributed by atoms with Crippen LogP contribution in [0.2, 0.25) is 0 Å². The van der Waals surface area contributed by atoms with Gasteiger partial charge in [-0.25, -0.2) is 0 Å². The van der Waals surface area contributed by atoms with Gasteiger partial charge in [0, 0.05) is 42.3 Å². The van der Waals surface area contributed by atoms with Gasteiger partial charge in [-0.15, -0.1) is 0 Å². The molecule has 3 nitrogen and oxygen atoms in total. The topological polar surface area (TPSA) is 43.4 Å². The Kier molecular flexibility index (Phi) is 8.24. The van der Waals surface area contributed by atoms with E-state index in [2.05, 4.69) is 0 Å². The molecule has 0 saturated heterocycles. The molecular weight excluding hydrogens is 188 g/mol. The van der Waals surface area contributed by atoms with E-state index in [0.29, 0.717) is 31.0 Å². The summed E-state index contributed by atoms with van der Waals surface area (Å²) in [7, 11) is 0.780. The lowest BCUT2D eigenvalue weighted by Crippen LogP contribution is -2.09. The largest absolute Gasteiger partial charge is 0.384 e. The molecule has 0 amide bonds.